The van der Waals surface area contributed by atoms with Crippen molar-refractivity contribution in [1.82, 2.24) is 5.32 Å². The van der Waals surface area contributed by atoms with Crippen LogP contribution in [0.4, 0.5) is 4.39 Å². The van der Waals surface area contributed by atoms with Crippen LogP contribution < -0.4 is 5.32 Å². The van der Waals surface area contributed by atoms with Crippen LogP contribution in [0.25, 0.3) is 0 Å². The van der Waals surface area contributed by atoms with Crippen LogP contribution in [0.3, 0.4) is 0 Å². The highest BCUT2D eigenvalue weighted by Gasteiger charge is 2.01. The van der Waals surface area contributed by atoms with Gasteiger partial charge in [-0.2, -0.15) is 0 Å². The van der Waals surface area contributed by atoms with Gasteiger partial charge in [-0.1, -0.05) is 25.5 Å². The molecule has 0 aliphatic carbocycles. The first-order valence-electron chi connectivity index (χ1n) is 5.83. The summed E-state index contributed by atoms with van der Waals surface area (Å²) in [4.78, 5) is 11.2. The smallest absolute Gasteiger partial charge is 0.319 e. The van der Waals surface area contributed by atoms with Crippen LogP contribution in [0.5, 0.6) is 0 Å². The zero-order chi connectivity index (χ0) is 12.5. The Hall–Kier alpha value is -1.42. The van der Waals surface area contributed by atoms with Crippen molar-refractivity contribution in [1.29, 1.82) is 0 Å². The fraction of sp³-hybridized carbons (Fsp3) is 0.462. The minimum Gasteiger partial charge on any atom is -0.465 e. The number of hydrogen-bond acceptors (Lipinski definition) is 3. The molecule has 1 aromatic rings. The summed E-state index contributed by atoms with van der Waals surface area (Å²) in [7, 11) is 0. The molecule has 0 aromatic heterocycles. The molecule has 0 atom stereocenters. The Labute approximate surface area is 101 Å². The second kappa shape index (κ2) is 7.79. The molecular weight excluding hydrogens is 221 g/mol. The van der Waals surface area contributed by atoms with E-state index in [2.05, 4.69) is 5.32 Å². The number of rotatable bonds is 7. The van der Waals surface area contributed by atoms with Crippen molar-refractivity contribution >= 4 is 5.97 Å². The van der Waals surface area contributed by atoms with E-state index in [4.69, 9.17) is 4.74 Å². The van der Waals surface area contributed by atoms with Gasteiger partial charge in [0.15, 0.2) is 0 Å². The van der Waals surface area contributed by atoms with Crippen LogP contribution in [0.2, 0.25) is 0 Å². The molecular formula is C13H18FNO2. The number of halogens is 1. The Bertz CT molecular complexity index is 338. The number of carbonyl (C=O) groups is 1. The lowest BCUT2D eigenvalue weighted by atomic mass is 10.2. The minimum absolute atomic E-state index is 0.182. The van der Waals surface area contributed by atoms with Crippen molar-refractivity contribution in [2.75, 3.05) is 13.2 Å². The van der Waals surface area contributed by atoms with E-state index in [-0.39, 0.29) is 18.3 Å². The molecule has 0 bridgehead atoms. The first-order valence-corrected chi connectivity index (χ1v) is 5.83. The Kier molecular flexibility index (Phi) is 6.25. The number of benzene rings is 1. The van der Waals surface area contributed by atoms with Crippen molar-refractivity contribution in [2.45, 2.75) is 26.3 Å². The summed E-state index contributed by atoms with van der Waals surface area (Å²) in [5.74, 6) is -0.506. The van der Waals surface area contributed by atoms with Gasteiger partial charge in [0.25, 0.3) is 0 Å². The predicted octanol–water partition coefficient (Wildman–Crippen LogP) is 2.26. The Morgan fingerprint density at radius 2 is 2.06 bits per heavy atom. The molecule has 0 unspecified atom stereocenters. The van der Waals surface area contributed by atoms with Gasteiger partial charge in [-0.15, -0.1) is 0 Å². The molecule has 1 N–H and O–H groups in total. The Morgan fingerprint density at radius 1 is 1.35 bits per heavy atom. The van der Waals surface area contributed by atoms with Crippen molar-refractivity contribution in [3.63, 3.8) is 0 Å². The summed E-state index contributed by atoms with van der Waals surface area (Å²) in [6.07, 6.45) is 1.90. The van der Waals surface area contributed by atoms with Crippen molar-refractivity contribution in [3.8, 4) is 0 Å². The van der Waals surface area contributed by atoms with Crippen molar-refractivity contribution < 1.29 is 13.9 Å². The molecule has 0 fully saturated rings. The summed E-state index contributed by atoms with van der Waals surface area (Å²) < 4.78 is 17.6. The van der Waals surface area contributed by atoms with Crippen LogP contribution in [0.1, 0.15) is 25.3 Å². The fourth-order valence-corrected chi connectivity index (χ4v) is 1.29. The van der Waals surface area contributed by atoms with E-state index in [1.807, 2.05) is 6.92 Å². The molecule has 0 saturated heterocycles. The molecule has 1 aromatic carbocycles. The van der Waals surface area contributed by atoms with Crippen LogP contribution in [0, 0.1) is 5.82 Å². The standard InChI is InChI=1S/C13H18FNO2/c1-2-3-8-17-13(16)10-15-9-11-4-6-12(14)7-5-11/h4-7,15H,2-3,8-10H2,1H3. The van der Waals surface area contributed by atoms with Crippen LogP contribution in [0.15, 0.2) is 24.3 Å². The first-order chi connectivity index (χ1) is 8.22. The molecule has 1 rings (SSSR count). The molecule has 0 aliphatic heterocycles. The molecule has 0 aliphatic rings. The molecule has 4 heteroatoms. The van der Waals surface area contributed by atoms with E-state index in [9.17, 15) is 9.18 Å². The fourth-order valence-electron chi connectivity index (χ4n) is 1.29. The van der Waals surface area contributed by atoms with E-state index in [1.165, 1.54) is 12.1 Å². The van der Waals surface area contributed by atoms with Gasteiger partial charge < -0.3 is 10.1 Å². The highest BCUT2D eigenvalue weighted by Crippen LogP contribution is 2.01. The molecule has 0 spiro atoms. The zero-order valence-corrected chi connectivity index (χ0v) is 10.0. The van der Waals surface area contributed by atoms with Crippen molar-refractivity contribution in [2.24, 2.45) is 0 Å². The van der Waals surface area contributed by atoms with Gasteiger partial charge in [-0.05, 0) is 24.1 Å². The van der Waals surface area contributed by atoms with Crippen LogP contribution in [-0.4, -0.2) is 19.1 Å². The van der Waals surface area contributed by atoms with Gasteiger partial charge >= 0.3 is 5.97 Å². The SMILES string of the molecule is CCCCOC(=O)CNCc1ccc(F)cc1. The van der Waals surface area contributed by atoms with Crippen LogP contribution >= 0.6 is 0 Å². The molecule has 3 nitrogen and oxygen atoms in total. The highest BCUT2D eigenvalue weighted by molar-refractivity contribution is 5.71. The summed E-state index contributed by atoms with van der Waals surface area (Å²) in [5, 5.41) is 2.95. The number of esters is 1. The quantitative estimate of drug-likeness (QED) is 0.586. The second-order valence-corrected chi connectivity index (χ2v) is 3.80. The van der Waals surface area contributed by atoms with Gasteiger partial charge in [0, 0.05) is 6.54 Å². The molecule has 0 amide bonds. The highest BCUT2D eigenvalue weighted by atomic mass is 19.1. The van der Waals surface area contributed by atoms with E-state index in [1.54, 1.807) is 12.1 Å². The third-order valence-electron chi connectivity index (χ3n) is 2.27. The maximum absolute atomic E-state index is 12.6. The Balaban J connectivity index is 2.14. The number of carbonyl (C=O) groups excluding carboxylic acids is 1. The minimum atomic E-state index is -0.257. The molecule has 0 saturated carbocycles. The van der Waals surface area contributed by atoms with E-state index < -0.39 is 0 Å². The maximum Gasteiger partial charge on any atom is 0.319 e. The third-order valence-corrected chi connectivity index (χ3v) is 2.27. The number of hydrogen-bond donors (Lipinski definition) is 1. The molecule has 0 heterocycles. The van der Waals surface area contributed by atoms with Gasteiger partial charge in [0.2, 0.25) is 0 Å². The normalized spacial score (nSPS) is 10.2. The number of ether oxygens (including phenoxy) is 1. The van der Waals surface area contributed by atoms with Crippen molar-refractivity contribution in [3.05, 3.63) is 35.6 Å². The lowest BCUT2D eigenvalue weighted by molar-refractivity contribution is -0.142. The Morgan fingerprint density at radius 3 is 2.71 bits per heavy atom. The third kappa shape index (κ3) is 6.02. The monoisotopic (exact) mass is 239 g/mol. The summed E-state index contributed by atoms with van der Waals surface area (Å²) in [6.45, 7) is 3.23. The topological polar surface area (TPSA) is 38.3 Å². The van der Waals surface area contributed by atoms with E-state index in [0.29, 0.717) is 13.2 Å². The molecule has 0 radical (unpaired) electrons. The predicted molar refractivity (Wildman–Crippen MR) is 64.0 cm³/mol. The number of unbranched alkanes of at least 4 members (excludes halogenated alkanes) is 1. The molecule has 17 heavy (non-hydrogen) atoms. The average molecular weight is 239 g/mol. The average Bonchev–Trinajstić information content (AvgIpc) is 2.32. The first kappa shape index (κ1) is 13.6. The zero-order valence-electron chi connectivity index (χ0n) is 10.0. The van der Waals surface area contributed by atoms with Gasteiger partial charge in [0.05, 0.1) is 13.2 Å². The largest absolute Gasteiger partial charge is 0.465 e. The summed E-state index contributed by atoms with van der Waals surface area (Å²) in [5.41, 5.74) is 0.938. The van der Waals surface area contributed by atoms with E-state index >= 15 is 0 Å². The van der Waals surface area contributed by atoms with Gasteiger partial charge in [0.1, 0.15) is 5.82 Å². The second-order valence-electron chi connectivity index (χ2n) is 3.80. The number of nitrogens with one attached hydrogen (secondary N) is 1. The van der Waals surface area contributed by atoms with Crippen LogP contribution in [-0.2, 0) is 16.1 Å². The molecule has 94 valence electrons. The lowest BCUT2D eigenvalue weighted by Crippen LogP contribution is -2.24. The summed E-state index contributed by atoms with van der Waals surface area (Å²) in [6, 6.07) is 6.17. The lowest BCUT2D eigenvalue weighted by Gasteiger charge is -2.05. The van der Waals surface area contributed by atoms with E-state index in [0.717, 1.165) is 18.4 Å². The van der Waals surface area contributed by atoms with Gasteiger partial charge in [-0.25, -0.2) is 4.39 Å². The summed E-state index contributed by atoms with van der Waals surface area (Å²) >= 11 is 0. The maximum atomic E-state index is 12.6. The van der Waals surface area contributed by atoms with Gasteiger partial charge in [-0.3, -0.25) is 4.79 Å².